The number of sulfonamides is 1. The van der Waals surface area contributed by atoms with Crippen molar-refractivity contribution in [1.29, 1.82) is 0 Å². The van der Waals surface area contributed by atoms with Gasteiger partial charge in [-0.15, -0.1) is 0 Å². The molecule has 0 unspecified atom stereocenters. The Morgan fingerprint density at radius 2 is 1.69 bits per heavy atom. The SMILES string of the molecule is CC(C)CNC(=O)c1cccc(CN2CCN(S(=O)(=O)c3ccccc3)CC2)c1. The van der Waals surface area contributed by atoms with E-state index in [1.165, 1.54) is 0 Å². The molecule has 2 aromatic rings. The zero-order valence-electron chi connectivity index (χ0n) is 17.0. The molecule has 1 N–H and O–H groups in total. The minimum Gasteiger partial charge on any atom is -0.352 e. The van der Waals surface area contributed by atoms with E-state index in [4.69, 9.17) is 0 Å². The third kappa shape index (κ3) is 5.65. The molecule has 0 atom stereocenters. The second-order valence-corrected chi connectivity index (χ2v) is 9.74. The summed E-state index contributed by atoms with van der Waals surface area (Å²) in [6, 6.07) is 16.2. The fourth-order valence-corrected chi connectivity index (χ4v) is 4.78. The van der Waals surface area contributed by atoms with Crippen molar-refractivity contribution in [2.45, 2.75) is 25.3 Å². The summed E-state index contributed by atoms with van der Waals surface area (Å²) in [6.45, 7) is 7.73. The van der Waals surface area contributed by atoms with E-state index in [-0.39, 0.29) is 5.91 Å². The summed E-state index contributed by atoms with van der Waals surface area (Å²) in [4.78, 5) is 14.8. The zero-order valence-corrected chi connectivity index (χ0v) is 17.9. The maximum absolute atomic E-state index is 12.7. The molecule has 1 heterocycles. The third-order valence-corrected chi connectivity index (χ3v) is 6.89. The average molecular weight is 416 g/mol. The van der Waals surface area contributed by atoms with Crippen molar-refractivity contribution in [1.82, 2.24) is 14.5 Å². The number of benzene rings is 2. The van der Waals surface area contributed by atoms with Crippen LogP contribution in [0.5, 0.6) is 0 Å². The summed E-state index contributed by atoms with van der Waals surface area (Å²) < 4.78 is 27.0. The van der Waals surface area contributed by atoms with E-state index in [2.05, 4.69) is 24.1 Å². The van der Waals surface area contributed by atoms with Gasteiger partial charge in [-0.2, -0.15) is 4.31 Å². The van der Waals surface area contributed by atoms with Crippen LogP contribution in [0.4, 0.5) is 0 Å². The second-order valence-electron chi connectivity index (χ2n) is 7.80. The van der Waals surface area contributed by atoms with E-state index in [1.807, 2.05) is 30.3 Å². The molecule has 1 fully saturated rings. The molecule has 1 amide bonds. The Morgan fingerprint density at radius 1 is 1.00 bits per heavy atom. The van der Waals surface area contributed by atoms with Gasteiger partial charge in [0.2, 0.25) is 10.0 Å². The molecule has 1 aliphatic heterocycles. The van der Waals surface area contributed by atoms with E-state index >= 15 is 0 Å². The summed E-state index contributed by atoms with van der Waals surface area (Å²) in [6.07, 6.45) is 0. The van der Waals surface area contributed by atoms with Crippen LogP contribution in [0.2, 0.25) is 0 Å². The largest absolute Gasteiger partial charge is 0.352 e. The Kier molecular flexibility index (Phi) is 7.05. The standard InChI is InChI=1S/C22H29N3O3S/c1-18(2)16-23-22(26)20-8-6-7-19(15-20)17-24-11-13-25(14-12-24)29(27,28)21-9-4-3-5-10-21/h3-10,15,18H,11-14,16-17H2,1-2H3,(H,23,26). The van der Waals surface area contributed by atoms with Gasteiger partial charge in [-0.3, -0.25) is 9.69 Å². The lowest BCUT2D eigenvalue weighted by atomic mass is 10.1. The molecule has 6 nitrogen and oxygen atoms in total. The highest BCUT2D eigenvalue weighted by atomic mass is 32.2. The number of nitrogens with zero attached hydrogens (tertiary/aromatic N) is 2. The highest BCUT2D eigenvalue weighted by Gasteiger charge is 2.28. The first-order valence-electron chi connectivity index (χ1n) is 10.0. The van der Waals surface area contributed by atoms with Crippen molar-refractivity contribution < 1.29 is 13.2 Å². The van der Waals surface area contributed by atoms with Crippen molar-refractivity contribution in [3.63, 3.8) is 0 Å². The van der Waals surface area contributed by atoms with E-state index < -0.39 is 10.0 Å². The highest BCUT2D eigenvalue weighted by Crippen LogP contribution is 2.18. The summed E-state index contributed by atoms with van der Waals surface area (Å²) in [5.41, 5.74) is 1.72. The van der Waals surface area contributed by atoms with Crippen LogP contribution in [-0.4, -0.2) is 56.3 Å². The molecule has 0 saturated carbocycles. The number of nitrogens with one attached hydrogen (secondary N) is 1. The average Bonchev–Trinajstić information content (AvgIpc) is 2.73. The van der Waals surface area contributed by atoms with Gasteiger partial charge in [0.15, 0.2) is 0 Å². The first kappa shape index (κ1) is 21.5. The van der Waals surface area contributed by atoms with Gasteiger partial charge >= 0.3 is 0 Å². The number of hydrogen-bond donors (Lipinski definition) is 1. The van der Waals surface area contributed by atoms with Gasteiger partial charge in [-0.1, -0.05) is 44.2 Å². The number of amides is 1. The van der Waals surface area contributed by atoms with E-state index in [1.54, 1.807) is 28.6 Å². The molecule has 156 valence electrons. The number of carbonyl (C=O) groups is 1. The van der Waals surface area contributed by atoms with Gasteiger partial charge in [-0.25, -0.2) is 8.42 Å². The summed E-state index contributed by atoms with van der Waals surface area (Å²) >= 11 is 0. The Bertz CT molecular complexity index is 921. The van der Waals surface area contributed by atoms with Crippen molar-refractivity contribution in [2.24, 2.45) is 5.92 Å². The zero-order chi connectivity index (χ0) is 20.9. The Labute approximate surface area is 173 Å². The molecule has 1 saturated heterocycles. The third-order valence-electron chi connectivity index (χ3n) is 4.98. The van der Waals surface area contributed by atoms with Gasteiger partial charge in [-0.05, 0) is 35.7 Å². The predicted molar refractivity (Wildman–Crippen MR) is 114 cm³/mol. The summed E-state index contributed by atoms with van der Waals surface area (Å²) in [5, 5.41) is 2.94. The predicted octanol–water partition coefficient (Wildman–Crippen LogP) is 2.58. The van der Waals surface area contributed by atoms with Crippen molar-refractivity contribution in [3.8, 4) is 0 Å². The summed E-state index contributed by atoms with van der Waals surface area (Å²) in [5.74, 6) is 0.352. The van der Waals surface area contributed by atoms with Crippen LogP contribution < -0.4 is 5.32 Å². The fourth-order valence-electron chi connectivity index (χ4n) is 3.34. The molecule has 3 rings (SSSR count). The van der Waals surface area contributed by atoms with Crippen LogP contribution in [-0.2, 0) is 16.6 Å². The molecule has 0 bridgehead atoms. The molecular weight excluding hydrogens is 386 g/mol. The smallest absolute Gasteiger partial charge is 0.251 e. The quantitative estimate of drug-likeness (QED) is 0.755. The minimum absolute atomic E-state index is 0.0562. The molecule has 0 aliphatic carbocycles. The molecule has 0 aromatic heterocycles. The molecule has 29 heavy (non-hydrogen) atoms. The van der Waals surface area contributed by atoms with Crippen LogP contribution >= 0.6 is 0 Å². The van der Waals surface area contributed by atoms with E-state index in [9.17, 15) is 13.2 Å². The Morgan fingerprint density at radius 3 is 2.34 bits per heavy atom. The van der Waals surface area contributed by atoms with Crippen LogP contribution in [0.15, 0.2) is 59.5 Å². The lowest BCUT2D eigenvalue weighted by Crippen LogP contribution is -2.48. The van der Waals surface area contributed by atoms with Crippen LogP contribution in [0.25, 0.3) is 0 Å². The first-order chi connectivity index (χ1) is 13.9. The van der Waals surface area contributed by atoms with Crippen molar-refractivity contribution >= 4 is 15.9 Å². The number of hydrogen-bond acceptors (Lipinski definition) is 4. The monoisotopic (exact) mass is 415 g/mol. The lowest BCUT2D eigenvalue weighted by molar-refractivity contribution is 0.0948. The Hall–Kier alpha value is -2.22. The second kappa shape index (κ2) is 9.52. The van der Waals surface area contributed by atoms with E-state index in [0.29, 0.717) is 55.6 Å². The highest BCUT2D eigenvalue weighted by molar-refractivity contribution is 7.89. The van der Waals surface area contributed by atoms with Crippen LogP contribution in [0.3, 0.4) is 0 Å². The number of carbonyl (C=O) groups excluding carboxylic acids is 1. The van der Waals surface area contributed by atoms with Gasteiger partial charge in [0.1, 0.15) is 0 Å². The van der Waals surface area contributed by atoms with Gasteiger partial charge in [0, 0.05) is 44.8 Å². The molecule has 1 aliphatic rings. The lowest BCUT2D eigenvalue weighted by Gasteiger charge is -2.34. The first-order valence-corrected chi connectivity index (χ1v) is 11.4. The van der Waals surface area contributed by atoms with Crippen molar-refractivity contribution in [3.05, 3.63) is 65.7 Å². The topological polar surface area (TPSA) is 69.7 Å². The summed E-state index contributed by atoms with van der Waals surface area (Å²) in [7, 11) is -3.44. The molecule has 0 spiro atoms. The normalized spacial score (nSPS) is 16.1. The molecule has 0 radical (unpaired) electrons. The minimum atomic E-state index is -3.44. The molecule has 7 heteroatoms. The number of rotatable bonds is 7. The van der Waals surface area contributed by atoms with Crippen LogP contribution in [0.1, 0.15) is 29.8 Å². The Balaban J connectivity index is 1.57. The maximum Gasteiger partial charge on any atom is 0.251 e. The maximum atomic E-state index is 12.7. The molecule has 2 aromatic carbocycles. The van der Waals surface area contributed by atoms with Crippen molar-refractivity contribution in [2.75, 3.05) is 32.7 Å². The molecular formula is C22H29N3O3S. The van der Waals surface area contributed by atoms with Gasteiger partial charge in [0.25, 0.3) is 5.91 Å². The van der Waals surface area contributed by atoms with E-state index in [0.717, 1.165) is 5.56 Å². The van der Waals surface area contributed by atoms with Gasteiger partial charge < -0.3 is 5.32 Å². The fraction of sp³-hybridized carbons (Fsp3) is 0.409. The van der Waals surface area contributed by atoms with Crippen LogP contribution in [0, 0.1) is 5.92 Å². The van der Waals surface area contributed by atoms with Gasteiger partial charge in [0.05, 0.1) is 4.90 Å². The number of piperazine rings is 1.